The molecule has 0 fully saturated rings. The molecule has 0 aromatic heterocycles. The first-order valence-corrected chi connectivity index (χ1v) is 5.39. The van der Waals surface area contributed by atoms with Crippen LogP contribution in [-0.4, -0.2) is 37.5 Å². The van der Waals surface area contributed by atoms with E-state index < -0.39 is 0 Å². The van der Waals surface area contributed by atoms with Crippen LogP contribution in [0, 0.1) is 5.92 Å². The Balaban J connectivity index is 3.90. The normalized spacial score (nSPS) is 13.0. The van der Waals surface area contributed by atoms with Crippen LogP contribution in [0.4, 0.5) is 0 Å². The summed E-state index contributed by atoms with van der Waals surface area (Å²) in [5, 5.41) is 2.99. The standard InChI is InChI=1S/C11H24N2O/c1-9(2)8-10(3)13(5)11(14)6-7-12-4/h9-10,12H,6-8H2,1-5H3. The van der Waals surface area contributed by atoms with Crippen molar-refractivity contribution in [2.45, 2.75) is 39.7 Å². The average Bonchev–Trinajstić information content (AvgIpc) is 2.11. The second-order valence-electron chi connectivity index (χ2n) is 4.34. The number of nitrogens with zero attached hydrogens (tertiary/aromatic N) is 1. The lowest BCUT2D eigenvalue weighted by Crippen LogP contribution is -2.37. The van der Waals surface area contributed by atoms with E-state index in [1.807, 2.05) is 19.0 Å². The van der Waals surface area contributed by atoms with Crippen LogP contribution in [0.2, 0.25) is 0 Å². The van der Waals surface area contributed by atoms with Crippen molar-refractivity contribution in [3.63, 3.8) is 0 Å². The zero-order valence-electron chi connectivity index (χ0n) is 10.1. The Morgan fingerprint density at radius 3 is 2.36 bits per heavy atom. The summed E-state index contributed by atoms with van der Waals surface area (Å²) in [6.07, 6.45) is 1.66. The van der Waals surface area contributed by atoms with Crippen LogP contribution in [0.3, 0.4) is 0 Å². The maximum Gasteiger partial charge on any atom is 0.223 e. The zero-order chi connectivity index (χ0) is 11.1. The Morgan fingerprint density at radius 2 is 1.93 bits per heavy atom. The lowest BCUT2D eigenvalue weighted by atomic mass is 10.0. The maximum atomic E-state index is 11.6. The fourth-order valence-corrected chi connectivity index (χ4v) is 1.49. The molecule has 14 heavy (non-hydrogen) atoms. The maximum absolute atomic E-state index is 11.6. The molecule has 1 unspecified atom stereocenters. The highest BCUT2D eigenvalue weighted by atomic mass is 16.2. The van der Waals surface area contributed by atoms with Crippen molar-refractivity contribution in [1.29, 1.82) is 0 Å². The third kappa shape index (κ3) is 5.22. The number of carbonyl (C=O) groups excluding carboxylic acids is 1. The first kappa shape index (κ1) is 13.4. The average molecular weight is 200 g/mol. The monoisotopic (exact) mass is 200 g/mol. The molecule has 3 nitrogen and oxygen atoms in total. The molecule has 0 saturated carbocycles. The SMILES string of the molecule is CNCCC(=O)N(C)C(C)CC(C)C. The van der Waals surface area contributed by atoms with Crippen molar-refractivity contribution in [3.8, 4) is 0 Å². The van der Waals surface area contributed by atoms with E-state index in [0.717, 1.165) is 13.0 Å². The van der Waals surface area contributed by atoms with E-state index in [2.05, 4.69) is 26.1 Å². The van der Waals surface area contributed by atoms with Gasteiger partial charge in [0.15, 0.2) is 0 Å². The van der Waals surface area contributed by atoms with E-state index >= 15 is 0 Å². The van der Waals surface area contributed by atoms with Gasteiger partial charge in [0, 0.05) is 26.1 Å². The van der Waals surface area contributed by atoms with Crippen LogP contribution in [-0.2, 0) is 4.79 Å². The molecule has 1 amide bonds. The van der Waals surface area contributed by atoms with Crippen molar-refractivity contribution in [3.05, 3.63) is 0 Å². The van der Waals surface area contributed by atoms with Gasteiger partial charge in [0.2, 0.25) is 5.91 Å². The van der Waals surface area contributed by atoms with E-state index in [-0.39, 0.29) is 5.91 Å². The van der Waals surface area contributed by atoms with Gasteiger partial charge < -0.3 is 10.2 Å². The number of hydrogen-bond donors (Lipinski definition) is 1. The molecule has 0 radical (unpaired) electrons. The molecule has 0 saturated heterocycles. The minimum absolute atomic E-state index is 0.229. The van der Waals surface area contributed by atoms with Gasteiger partial charge in [-0.25, -0.2) is 0 Å². The molecule has 0 rings (SSSR count). The molecule has 0 bridgehead atoms. The molecule has 1 atom stereocenters. The Bertz CT molecular complexity index is 169. The van der Waals surface area contributed by atoms with Crippen molar-refractivity contribution in [1.82, 2.24) is 10.2 Å². The van der Waals surface area contributed by atoms with E-state index in [9.17, 15) is 4.79 Å². The second-order valence-corrected chi connectivity index (χ2v) is 4.34. The number of carbonyl (C=O) groups is 1. The molecule has 0 aromatic carbocycles. The third-order valence-electron chi connectivity index (χ3n) is 2.46. The summed E-state index contributed by atoms with van der Waals surface area (Å²) in [7, 11) is 3.76. The largest absolute Gasteiger partial charge is 0.343 e. The molecule has 1 N–H and O–H groups in total. The van der Waals surface area contributed by atoms with Gasteiger partial charge in [-0.05, 0) is 26.3 Å². The lowest BCUT2D eigenvalue weighted by molar-refractivity contribution is -0.131. The van der Waals surface area contributed by atoms with E-state index in [1.54, 1.807) is 0 Å². The van der Waals surface area contributed by atoms with Gasteiger partial charge in [0.1, 0.15) is 0 Å². The predicted molar refractivity (Wildman–Crippen MR) is 60.2 cm³/mol. The number of amides is 1. The minimum atomic E-state index is 0.229. The summed E-state index contributed by atoms with van der Waals surface area (Å²) in [4.78, 5) is 13.5. The Hall–Kier alpha value is -0.570. The third-order valence-corrected chi connectivity index (χ3v) is 2.46. The van der Waals surface area contributed by atoms with Crippen molar-refractivity contribution < 1.29 is 4.79 Å². The summed E-state index contributed by atoms with van der Waals surface area (Å²) >= 11 is 0. The van der Waals surface area contributed by atoms with Gasteiger partial charge in [0.25, 0.3) is 0 Å². The fraction of sp³-hybridized carbons (Fsp3) is 0.909. The molecule has 0 spiro atoms. The van der Waals surface area contributed by atoms with Crippen LogP contribution in [0.25, 0.3) is 0 Å². The van der Waals surface area contributed by atoms with Gasteiger partial charge in [-0.3, -0.25) is 4.79 Å². The molecule has 0 aliphatic heterocycles. The van der Waals surface area contributed by atoms with Crippen LogP contribution in [0.15, 0.2) is 0 Å². The van der Waals surface area contributed by atoms with Gasteiger partial charge >= 0.3 is 0 Å². The van der Waals surface area contributed by atoms with Crippen LogP contribution in [0.1, 0.15) is 33.6 Å². The van der Waals surface area contributed by atoms with Gasteiger partial charge in [-0.2, -0.15) is 0 Å². The summed E-state index contributed by atoms with van der Waals surface area (Å²) in [6, 6.07) is 0.347. The van der Waals surface area contributed by atoms with Gasteiger partial charge in [-0.1, -0.05) is 13.8 Å². The Kier molecular flexibility index (Phi) is 6.54. The molecular formula is C11H24N2O. The fourth-order valence-electron chi connectivity index (χ4n) is 1.49. The van der Waals surface area contributed by atoms with Crippen molar-refractivity contribution >= 4 is 5.91 Å². The molecule has 0 aromatic rings. The van der Waals surface area contributed by atoms with Crippen LogP contribution >= 0.6 is 0 Å². The first-order chi connectivity index (χ1) is 6.49. The molecule has 3 heteroatoms. The van der Waals surface area contributed by atoms with E-state index in [0.29, 0.717) is 18.4 Å². The summed E-state index contributed by atoms with van der Waals surface area (Å²) < 4.78 is 0. The molecular weight excluding hydrogens is 176 g/mol. The first-order valence-electron chi connectivity index (χ1n) is 5.39. The Morgan fingerprint density at radius 1 is 1.36 bits per heavy atom. The van der Waals surface area contributed by atoms with Gasteiger partial charge in [0.05, 0.1) is 0 Å². The number of nitrogens with one attached hydrogen (secondary N) is 1. The molecule has 0 heterocycles. The van der Waals surface area contributed by atoms with Crippen LogP contribution in [0.5, 0.6) is 0 Å². The van der Waals surface area contributed by atoms with Crippen LogP contribution < -0.4 is 5.32 Å². The predicted octanol–water partition coefficient (Wildman–Crippen LogP) is 1.49. The molecule has 0 aliphatic carbocycles. The number of hydrogen-bond acceptors (Lipinski definition) is 2. The summed E-state index contributed by atoms with van der Waals surface area (Å²) in [5.74, 6) is 0.872. The Labute approximate surface area is 87.9 Å². The smallest absolute Gasteiger partial charge is 0.223 e. The topological polar surface area (TPSA) is 32.3 Å². The highest BCUT2D eigenvalue weighted by Gasteiger charge is 2.15. The molecule has 0 aliphatic rings. The lowest BCUT2D eigenvalue weighted by Gasteiger charge is -2.26. The number of rotatable bonds is 6. The van der Waals surface area contributed by atoms with E-state index in [1.165, 1.54) is 0 Å². The van der Waals surface area contributed by atoms with Gasteiger partial charge in [-0.15, -0.1) is 0 Å². The van der Waals surface area contributed by atoms with E-state index in [4.69, 9.17) is 0 Å². The van der Waals surface area contributed by atoms with Crippen molar-refractivity contribution in [2.24, 2.45) is 5.92 Å². The summed E-state index contributed by atoms with van der Waals surface area (Å²) in [5.41, 5.74) is 0. The second kappa shape index (κ2) is 6.82. The highest BCUT2D eigenvalue weighted by Crippen LogP contribution is 2.10. The minimum Gasteiger partial charge on any atom is -0.343 e. The zero-order valence-corrected chi connectivity index (χ0v) is 10.1. The summed E-state index contributed by atoms with van der Waals surface area (Å²) in [6.45, 7) is 7.24. The van der Waals surface area contributed by atoms with Crippen molar-refractivity contribution in [2.75, 3.05) is 20.6 Å². The quantitative estimate of drug-likeness (QED) is 0.704. The highest BCUT2D eigenvalue weighted by molar-refractivity contribution is 5.76. The molecule has 84 valence electrons.